The predicted molar refractivity (Wildman–Crippen MR) is 105 cm³/mol. The molecule has 0 radical (unpaired) electrons. The van der Waals surface area contributed by atoms with E-state index in [1.807, 2.05) is 12.1 Å². The monoisotopic (exact) mass is 373 g/mol. The van der Waals surface area contributed by atoms with Crippen molar-refractivity contribution < 1.29 is 4.79 Å². The van der Waals surface area contributed by atoms with E-state index in [-0.39, 0.29) is 11.9 Å². The lowest BCUT2D eigenvalue weighted by Gasteiger charge is -2.51. The molecule has 3 aromatic rings. The topological polar surface area (TPSA) is 53.7 Å². The van der Waals surface area contributed by atoms with Gasteiger partial charge in [0.1, 0.15) is 0 Å². The molecule has 4 aliphatic heterocycles. The van der Waals surface area contributed by atoms with Crippen LogP contribution in [0.25, 0.3) is 5.65 Å². The van der Waals surface area contributed by atoms with Gasteiger partial charge in [-0.05, 0) is 49.5 Å². The highest BCUT2D eigenvalue weighted by atomic mass is 16.2. The summed E-state index contributed by atoms with van der Waals surface area (Å²) < 4.78 is 1.68. The van der Waals surface area contributed by atoms with Crippen LogP contribution in [0, 0.1) is 5.92 Å². The third-order valence-corrected chi connectivity index (χ3v) is 6.98. The standard InChI is InChI=1S/C22H23N5O/c28-22(18-13-23-19-7-4-10-24-27(18)19)26-14-17(15-5-2-1-3-6-15)21-20(26)16-8-11-25(21)12-9-16/h1-7,10,13,16-17,20-21H,8-9,11-12,14H2/t17-,20+,21+/m0/s1. The van der Waals surface area contributed by atoms with Gasteiger partial charge in [0.2, 0.25) is 0 Å². The number of piperidine rings is 3. The number of carbonyl (C=O) groups is 1. The maximum atomic E-state index is 13.6. The molecular weight excluding hydrogens is 350 g/mol. The van der Waals surface area contributed by atoms with Crippen LogP contribution in [0.2, 0.25) is 0 Å². The predicted octanol–water partition coefficient (Wildman–Crippen LogP) is 2.43. The van der Waals surface area contributed by atoms with Crippen LogP contribution in [-0.4, -0.2) is 62.0 Å². The Morgan fingerprint density at radius 1 is 1.00 bits per heavy atom. The molecule has 0 aliphatic carbocycles. The number of hydrogen-bond acceptors (Lipinski definition) is 4. The highest BCUT2D eigenvalue weighted by Crippen LogP contribution is 2.46. The largest absolute Gasteiger partial charge is 0.332 e. The van der Waals surface area contributed by atoms with Crippen LogP contribution in [0.15, 0.2) is 54.9 Å². The highest BCUT2D eigenvalue weighted by Gasteiger charge is 2.54. The summed E-state index contributed by atoms with van der Waals surface area (Å²) >= 11 is 0. The van der Waals surface area contributed by atoms with Gasteiger partial charge in [-0.2, -0.15) is 5.10 Å². The van der Waals surface area contributed by atoms with Gasteiger partial charge in [0.25, 0.3) is 5.91 Å². The molecule has 6 nitrogen and oxygen atoms in total. The molecule has 4 fully saturated rings. The lowest BCUT2D eigenvalue weighted by atomic mass is 9.75. The summed E-state index contributed by atoms with van der Waals surface area (Å²) in [5, 5.41) is 4.36. The zero-order valence-corrected chi connectivity index (χ0v) is 15.7. The van der Waals surface area contributed by atoms with Gasteiger partial charge in [0.05, 0.1) is 12.2 Å². The molecule has 0 saturated carbocycles. The number of amides is 1. The Kier molecular flexibility index (Phi) is 3.56. The van der Waals surface area contributed by atoms with E-state index in [9.17, 15) is 4.79 Å². The normalized spacial score (nSPS) is 31.3. The molecular formula is C22H23N5O. The van der Waals surface area contributed by atoms with Crippen molar-refractivity contribution in [2.75, 3.05) is 19.6 Å². The van der Waals surface area contributed by atoms with Crippen molar-refractivity contribution in [3.63, 3.8) is 0 Å². The summed E-state index contributed by atoms with van der Waals surface area (Å²) in [6, 6.07) is 15.2. The van der Waals surface area contributed by atoms with Gasteiger partial charge in [-0.1, -0.05) is 30.3 Å². The molecule has 0 N–H and O–H groups in total. The molecule has 1 aromatic carbocycles. The lowest BCUT2D eigenvalue weighted by Crippen LogP contribution is -2.60. The van der Waals surface area contributed by atoms with Gasteiger partial charge in [0, 0.05) is 24.7 Å². The van der Waals surface area contributed by atoms with Gasteiger partial charge in [-0.25, -0.2) is 9.50 Å². The zero-order valence-electron chi connectivity index (χ0n) is 15.7. The summed E-state index contributed by atoms with van der Waals surface area (Å²) in [5.74, 6) is 1.03. The number of rotatable bonds is 2. The minimum absolute atomic E-state index is 0.0633. The molecule has 6 heterocycles. The lowest BCUT2D eigenvalue weighted by molar-refractivity contribution is -0.00365. The molecule has 2 bridgehead atoms. The van der Waals surface area contributed by atoms with Crippen molar-refractivity contribution in [1.82, 2.24) is 24.4 Å². The van der Waals surface area contributed by atoms with E-state index >= 15 is 0 Å². The van der Waals surface area contributed by atoms with Crippen molar-refractivity contribution in [3.05, 3.63) is 66.1 Å². The molecule has 0 unspecified atom stereocenters. The van der Waals surface area contributed by atoms with E-state index < -0.39 is 0 Å². The van der Waals surface area contributed by atoms with Crippen LogP contribution in [0.3, 0.4) is 0 Å². The summed E-state index contributed by atoms with van der Waals surface area (Å²) in [6.07, 6.45) is 5.77. The van der Waals surface area contributed by atoms with E-state index in [1.165, 1.54) is 18.4 Å². The number of fused-ring (bicyclic) bond motifs is 3. The van der Waals surface area contributed by atoms with Crippen LogP contribution in [-0.2, 0) is 0 Å². The van der Waals surface area contributed by atoms with Crippen molar-refractivity contribution in [1.29, 1.82) is 0 Å². The molecule has 28 heavy (non-hydrogen) atoms. The molecule has 3 atom stereocenters. The van der Waals surface area contributed by atoms with E-state index in [2.05, 4.69) is 50.2 Å². The number of imidazole rings is 1. The average molecular weight is 373 g/mol. The summed E-state index contributed by atoms with van der Waals surface area (Å²) in [7, 11) is 0. The highest BCUT2D eigenvalue weighted by molar-refractivity contribution is 5.93. The quantitative estimate of drug-likeness (QED) is 0.692. The summed E-state index contributed by atoms with van der Waals surface area (Å²) in [4.78, 5) is 22.8. The smallest absolute Gasteiger partial charge is 0.274 e. The summed E-state index contributed by atoms with van der Waals surface area (Å²) in [6.45, 7) is 3.09. The SMILES string of the molecule is O=C(c1cnc2cccnn12)N1C[C@@H](c2ccccc2)[C@@H]2[C@H]1C1CCN2CC1. The van der Waals surface area contributed by atoms with Crippen LogP contribution in [0.1, 0.15) is 34.8 Å². The number of aromatic nitrogens is 3. The van der Waals surface area contributed by atoms with Crippen LogP contribution in [0.5, 0.6) is 0 Å². The molecule has 1 amide bonds. The van der Waals surface area contributed by atoms with Crippen molar-refractivity contribution in [3.8, 4) is 0 Å². The maximum absolute atomic E-state index is 13.6. The molecule has 2 aromatic heterocycles. The Morgan fingerprint density at radius 3 is 2.64 bits per heavy atom. The Bertz CT molecular complexity index is 1020. The number of hydrogen-bond donors (Lipinski definition) is 0. The van der Waals surface area contributed by atoms with Gasteiger partial charge in [-0.15, -0.1) is 0 Å². The van der Waals surface area contributed by atoms with Crippen LogP contribution >= 0.6 is 0 Å². The molecule has 6 heteroatoms. The zero-order chi connectivity index (χ0) is 18.7. The minimum Gasteiger partial charge on any atom is -0.332 e. The van der Waals surface area contributed by atoms with E-state index in [0.717, 1.165) is 25.3 Å². The Labute approximate surface area is 163 Å². The number of nitrogens with zero attached hydrogens (tertiary/aromatic N) is 5. The number of benzene rings is 1. The second-order valence-electron chi connectivity index (χ2n) is 8.27. The van der Waals surface area contributed by atoms with Gasteiger partial charge < -0.3 is 4.90 Å². The first-order chi connectivity index (χ1) is 13.8. The number of carbonyl (C=O) groups excluding carboxylic acids is 1. The average Bonchev–Trinajstić information content (AvgIpc) is 3.38. The molecule has 142 valence electrons. The second-order valence-corrected chi connectivity index (χ2v) is 8.27. The molecule has 0 spiro atoms. The first-order valence-electron chi connectivity index (χ1n) is 10.2. The fourth-order valence-corrected chi connectivity index (χ4v) is 5.77. The molecule has 4 aliphatic rings. The maximum Gasteiger partial charge on any atom is 0.274 e. The minimum atomic E-state index is 0.0633. The van der Waals surface area contributed by atoms with Crippen molar-refractivity contribution >= 4 is 11.6 Å². The van der Waals surface area contributed by atoms with E-state index in [4.69, 9.17) is 0 Å². The second kappa shape index (κ2) is 6.14. The third kappa shape index (κ3) is 2.27. The van der Waals surface area contributed by atoms with Gasteiger partial charge >= 0.3 is 0 Å². The molecule has 4 saturated heterocycles. The Morgan fingerprint density at radius 2 is 1.82 bits per heavy atom. The van der Waals surface area contributed by atoms with Gasteiger partial charge in [-0.3, -0.25) is 9.69 Å². The van der Waals surface area contributed by atoms with Crippen molar-refractivity contribution in [2.24, 2.45) is 5.92 Å². The fraction of sp³-hybridized carbons (Fsp3) is 0.409. The Balaban J connectivity index is 1.42. The first-order valence-corrected chi connectivity index (χ1v) is 10.2. The van der Waals surface area contributed by atoms with Crippen molar-refractivity contribution in [2.45, 2.75) is 30.8 Å². The number of likely N-dealkylation sites (tertiary alicyclic amines) is 1. The first kappa shape index (κ1) is 16.2. The Hall–Kier alpha value is -2.73. The van der Waals surface area contributed by atoms with Crippen LogP contribution < -0.4 is 0 Å². The van der Waals surface area contributed by atoms with E-state index in [1.54, 1.807) is 16.9 Å². The fourth-order valence-electron chi connectivity index (χ4n) is 5.77. The van der Waals surface area contributed by atoms with Gasteiger partial charge in [0.15, 0.2) is 11.3 Å². The summed E-state index contributed by atoms with van der Waals surface area (Å²) in [5.41, 5.74) is 2.63. The molecule has 7 rings (SSSR count). The third-order valence-electron chi connectivity index (χ3n) is 6.98. The van der Waals surface area contributed by atoms with Crippen LogP contribution in [0.4, 0.5) is 0 Å². The van der Waals surface area contributed by atoms with E-state index in [0.29, 0.717) is 23.6 Å².